The molecule has 0 aromatic carbocycles. The van der Waals surface area contributed by atoms with Gasteiger partial charge in [-0.25, -0.2) is 4.98 Å². The summed E-state index contributed by atoms with van der Waals surface area (Å²) in [5, 5.41) is 17.1. The molecule has 1 atom stereocenters. The maximum Gasteiger partial charge on any atom is 0.228 e. The van der Waals surface area contributed by atoms with Crippen molar-refractivity contribution >= 4 is 23.2 Å². The van der Waals surface area contributed by atoms with Gasteiger partial charge in [0.2, 0.25) is 11.8 Å². The van der Waals surface area contributed by atoms with E-state index in [-0.39, 0.29) is 17.9 Å². The van der Waals surface area contributed by atoms with E-state index in [2.05, 4.69) is 15.2 Å². The molecule has 0 aliphatic carbocycles. The zero-order valence-electron chi connectivity index (χ0n) is 16.9. The van der Waals surface area contributed by atoms with Crippen LogP contribution in [0.25, 0.3) is 0 Å². The third-order valence-electron chi connectivity index (χ3n) is 5.78. The summed E-state index contributed by atoms with van der Waals surface area (Å²) in [5.41, 5.74) is 0.0987. The lowest BCUT2D eigenvalue weighted by Crippen LogP contribution is -2.50. The first-order chi connectivity index (χ1) is 13.3. The van der Waals surface area contributed by atoms with Gasteiger partial charge in [-0.1, -0.05) is 0 Å². The summed E-state index contributed by atoms with van der Waals surface area (Å²) < 4.78 is 0. The monoisotopic (exact) mass is 408 g/mol. The number of aromatic nitrogens is 1. The SMILES string of the molecule is CC(=O)NC1CCN(CC2(O)CCCN(C(=O)Cc3csc(C)n3)CC2)CC1. The normalized spacial score (nSPS) is 24.8. The fourth-order valence-electron chi connectivity index (χ4n) is 4.28. The summed E-state index contributed by atoms with van der Waals surface area (Å²) in [6, 6.07) is 0.250. The van der Waals surface area contributed by atoms with Crippen LogP contribution in [0.1, 0.15) is 49.7 Å². The van der Waals surface area contributed by atoms with Crippen molar-refractivity contribution in [3.05, 3.63) is 16.1 Å². The molecule has 3 rings (SSSR count). The zero-order chi connectivity index (χ0) is 20.1. The Morgan fingerprint density at radius 3 is 2.68 bits per heavy atom. The number of thiazole rings is 1. The fourth-order valence-corrected chi connectivity index (χ4v) is 4.89. The van der Waals surface area contributed by atoms with E-state index in [9.17, 15) is 14.7 Å². The Morgan fingerprint density at radius 2 is 2.04 bits per heavy atom. The van der Waals surface area contributed by atoms with E-state index in [0.29, 0.717) is 32.5 Å². The summed E-state index contributed by atoms with van der Waals surface area (Å²) in [7, 11) is 0. The van der Waals surface area contributed by atoms with E-state index in [0.717, 1.165) is 49.5 Å². The van der Waals surface area contributed by atoms with Gasteiger partial charge in [0.1, 0.15) is 0 Å². The number of piperidine rings is 1. The number of carbonyl (C=O) groups is 2. The predicted octanol–water partition coefficient (Wildman–Crippen LogP) is 1.34. The molecule has 2 fully saturated rings. The standard InChI is InChI=1S/C20H32N4O3S/c1-15(25)21-17-4-9-23(10-5-17)14-20(27)6-3-8-24(11-7-20)19(26)12-18-13-28-16(2)22-18/h13,17,27H,3-12,14H2,1-2H3,(H,21,25). The van der Waals surface area contributed by atoms with Crippen LogP contribution in [0, 0.1) is 6.92 Å². The molecule has 7 nitrogen and oxygen atoms in total. The number of likely N-dealkylation sites (tertiary alicyclic amines) is 2. The van der Waals surface area contributed by atoms with Crippen molar-refractivity contribution in [3.63, 3.8) is 0 Å². The Balaban J connectivity index is 1.47. The van der Waals surface area contributed by atoms with Crippen molar-refractivity contribution in [2.75, 3.05) is 32.7 Å². The second-order valence-electron chi connectivity index (χ2n) is 8.24. The number of β-amino-alcohol motifs (C(OH)–C–C–N with tert-alkyl or cyclic N) is 1. The van der Waals surface area contributed by atoms with Crippen LogP contribution in [-0.4, -0.2) is 76.1 Å². The van der Waals surface area contributed by atoms with E-state index in [1.165, 1.54) is 0 Å². The lowest BCUT2D eigenvalue weighted by Gasteiger charge is -2.38. The Labute approximate surface area is 171 Å². The summed E-state index contributed by atoms with van der Waals surface area (Å²) >= 11 is 1.57. The fraction of sp³-hybridized carbons (Fsp3) is 0.750. The lowest BCUT2D eigenvalue weighted by molar-refractivity contribution is -0.130. The Hall–Kier alpha value is -1.51. The first-order valence-electron chi connectivity index (χ1n) is 10.2. The Bertz CT molecular complexity index is 687. The number of aryl methyl sites for hydroxylation is 1. The molecular weight excluding hydrogens is 376 g/mol. The molecule has 0 spiro atoms. The molecule has 1 unspecified atom stereocenters. The van der Waals surface area contributed by atoms with E-state index in [4.69, 9.17) is 0 Å². The summed E-state index contributed by atoms with van der Waals surface area (Å²) in [6.07, 6.45) is 4.35. The maximum absolute atomic E-state index is 12.6. The van der Waals surface area contributed by atoms with Crippen molar-refractivity contribution in [1.29, 1.82) is 0 Å². The summed E-state index contributed by atoms with van der Waals surface area (Å²) in [4.78, 5) is 32.4. The number of carbonyl (C=O) groups excluding carboxylic acids is 2. The van der Waals surface area contributed by atoms with Gasteiger partial charge in [0.15, 0.2) is 0 Å². The van der Waals surface area contributed by atoms with Crippen LogP contribution in [0.3, 0.4) is 0 Å². The van der Waals surface area contributed by atoms with Crippen molar-refractivity contribution in [1.82, 2.24) is 20.1 Å². The molecule has 8 heteroatoms. The third-order valence-corrected chi connectivity index (χ3v) is 6.60. The lowest BCUT2D eigenvalue weighted by atomic mass is 9.93. The van der Waals surface area contributed by atoms with Gasteiger partial charge >= 0.3 is 0 Å². The van der Waals surface area contributed by atoms with Crippen LogP contribution < -0.4 is 5.32 Å². The van der Waals surface area contributed by atoms with Gasteiger partial charge in [0.25, 0.3) is 0 Å². The molecule has 2 aliphatic rings. The van der Waals surface area contributed by atoms with Gasteiger partial charge in [-0.2, -0.15) is 0 Å². The third kappa shape index (κ3) is 5.99. The number of nitrogens with one attached hydrogen (secondary N) is 1. The molecule has 2 saturated heterocycles. The van der Waals surface area contributed by atoms with Crippen molar-refractivity contribution in [3.8, 4) is 0 Å². The topological polar surface area (TPSA) is 85.8 Å². The average molecular weight is 409 g/mol. The van der Waals surface area contributed by atoms with Gasteiger partial charge < -0.3 is 20.2 Å². The summed E-state index contributed by atoms with van der Waals surface area (Å²) in [5.74, 6) is 0.129. The van der Waals surface area contributed by atoms with E-state index in [1.54, 1.807) is 18.3 Å². The minimum atomic E-state index is -0.743. The number of nitrogens with zero attached hydrogens (tertiary/aromatic N) is 3. The number of hydrogen-bond acceptors (Lipinski definition) is 6. The smallest absolute Gasteiger partial charge is 0.228 e. The van der Waals surface area contributed by atoms with E-state index in [1.807, 2.05) is 17.2 Å². The van der Waals surface area contributed by atoms with Gasteiger partial charge in [0, 0.05) is 51.1 Å². The highest BCUT2D eigenvalue weighted by Crippen LogP contribution is 2.25. The molecule has 156 valence electrons. The highest BCUT2D eigenvalue weighted by Gasteiger charge is 2.34. The van der Waals surface area contributed by atoms with Crippen LogP contribution in [0.2, 0.25) is 0 Å². The van der Waals surface area contributed by atoms with Crippen LogP contribution in [0.15, 0.2) is 5.38 Å². The van der Waals surface area contributed by atoms with Crippen molar-refractivity contribution in [2.45, 2.75) is 64.0 Å². The molecule has 3 heterocycles. The Morgan fingerprint density at radius 1 is 1.29 bits per heavy atom. The second kappa shape index (κ2) is 9.33. The molecule has 0 radical (unpaired) electrons. The molecule has 1 aromatic heterocycles. The molecule has 2 amide bonds. The van der Waals surface area contributed by atoms with Gasteiger partial charge in [0.05, 0.1) is 22.7 Å². The van der Waals surface area contributed by atoms with Crippen molar-refractivity contribution in [2.24, 2.45) is 0 Å². The Kier molecular flexibility index (Phi) is 7.06. The molecule has 0 saturated carbocycles. The molecule has 0 bridgehead atoms. The van der Waals surface area contributed by atoms with Crippen LogP contribution in [-0.2, 0) is 16.0 Å². The zero-order valence-corrected chi connectivity index (χ0v) is 17.8. The maximum atomic E-state index is 12.6. The minimum absolute atomic E-state index is 0.0263. The van der Waals surface area contributed by atoms with Crippen LogP contribution >= 0.6 is 11.3 Å². The van der Waals surface area contributed by atoms with Crippen molar-refractivity contribution < 1.29 is 14.7 Å². The first kappa shape index (κ1) is 21.2. The number of aliphatic hydroxyl groups is 1. The molecule has 2 aliphatic heterocycles. The molecule has 28 heavy (non-hydrogen) atoms. The molecule has 1 aromatic rings. The summed E-state index contributed by atoms with van der Waals surface area (Å²) in [6.45, 7) is 7.23. The number of rotatable bonds is 5. The van der Waals surface area contributed by atoms with Crippen LogP contribution in [0.4, 0.5) is 0 Å². The first-order valence-corrected chi connectivity index (χ1v) is 11.1. The van der Waals surface area contributed by atoms with Gasteiger partial charge in [-0.05, 0) is 39.0 Å². The number of amides is 2. The minimum Gasteiger partial charge on any atom is -0.388 e. The molecular formula is C20H32N4O3S. The van der Waals surface area contributed by atoms with Crippen LogP contribution in [0.5, 0.6) is 0 Å². The van der Waals surface area contributed by atoms with E-state index < -0.39 is 5.60 Å². The van der Waals surface area contributed by atoms with Gasteiger partial charge in [-0.15, -0.1) is 11.3 Å². The number of hydrogen-bond donors (Lipinski definition) is 2. The van der Waals surface area contributed by atoms with E-state index >= 15 is 0 Å². The highest BCUT2D eigenvalue weighted by atomic mass is 32.1. The predicted molar refractivity (Wildman–Crippen MR) is 109 cm³/mol. The average Bonchev–Trinajstić information content (AvgIpc) is 2.93. The highest BCUT2D eigenvalue weighted by molar-refractivity contribution is 7.09. The quantitative estimate of drug-likeness (QED) is 0.768. The second-order valence-corrected chi connectivity index (χ2v) is 9.31. The molecule has 2 N–H and O–H groups in total. The van der Waals surface area contributed by atoms with Gasteiger partial charge in [-0.3, -0.25) is 9.59 Å². The largest absolute Gasteiger partial charge is 0.388 e.